The van der Waals surface area contributed by atoms with E-state index in [9.17, 15) is 30.0 Å². The van der Waals surface area contributed by atoms with Crippen LogP contribution in [0.3, 0.4) is 0 Å². The number of carbonyl (C=O) groups excluding carboxylic acids is 1. The molecule has 300 valence electrons. The number of furan rings is 1. The number of amides is 1. The number of nitrogens with one attached hydrogen (secondary N) is 1. The number of nitrogens with zero attached hydrogens (tertiary/aromatic N) is 1. The smallest absolute Gasteiger partial charge is 0.294 e. The Hall–Kier alpha value is -4.88. The average molecular weight is 828 g/mol. The second-order valence-corrected chi connectivity index (χ2v) is 17.6. The molecule has 14 nitrogen and oxygen atoms in total. The van der Waals surface area contributed by atoms with Gasteiger partial charge >= 0.3 is 0 Å². The van der Waals surface area contributed by atoms with Crippen LogP contribution in [0.4, 0.5) is 5.69 Å². The minimum atomic E-state index is -4.02. The van der Waals surface area contributed by atoms with E-state index >= 15 is 0 Å². The van der Waals surface area contributed by atoms with Gasteiger partial charge in [-0.3, -0.25) is 18.5 Å². The Kier molecular flexibility index (Phi) is 14.7. The van der Waals surface area contributed by atoms with E-state index in [-0.39, 0.29) is 26.6 Å². The van der Waals surface area contributed by atoms with Crippen molar-refractivity contribution in [2.75, 3.05) is 25.4 Å². The van der Waals surface area contributed by atoms with Crippen LogP contribution in [0.1, 0.15) is 40.1 Å². The van der Waals surface area contributed by atoms with Crippen LogP contribution in [0.25, 0.3) is 11.3 Å². The van der Waals surface area contributed by atoms with Gasteiger partial charge in [0.2, 0.25) is 0 Å². The van der Waals surface area contributed by atoms with E-state index in [1.165, 1.54) is 62.3 Å². The third-order valence-electron chi connectivity index (χ3n) is 8.95. The molecule has 3 saturated heterocycles. The molecule has 3 fully saturated rings. The molecule has 56 heavy (non-hydrogen) atoms. The third-order valence-corrected chi connectivity index (χ3v) is 11.6. The zero-order valence-electron chi connectivity index (χ0n) is 30.9. The first-order chi connectivity index (χ1) is 26.2. The minimum absolute atomic E-state index is 0.0666. The third kappa shape index (κ3) is 13.4. The summed E-state index contributed by atoms with van der Waals surface area (Å²) in [4.78, 5) is 14.7. The first-order valence-corrected chi connectivity index (χ1v) is 21.6. The second-order valence-electron chi connectivity index (χ2n) is 13.4. The molecule has 0 spiro atoms. The summed E-state index contributed by atoms with van der Waals surface area (Å²) in [6, 6.07) is 29.2. The van der Waals surface area contributed by atoms with Crippen LogP contribution in [-0.2, 0) is 30.4 Å². The van der Waals surface area contributed by atoms with Gasteiger partial charge in [-0.25, -0.2) is 0 Å². The fourth-order valence-corrected chi connectivity index (χ4v) is 7.20. The van der Waals surface area contributed by atoms with E-state index in [1.807, 2.05) is 51.1 Å². The van der Waals surface area contributed by atoms with Crippen molar-refractivity contribution in [2.45, 2.75) is 54.3 Å². The lowest BCUT2D eigenvalue weighted by atomic mass is 9.84. The van der Waals surface area contributed by atoms with E-state index in [4.69, 9.17) is 23.8 Å². The van der Waals surface area contributed by atoms with E-state index in [0.29, 0.717) is 23.1 Å². The van der Waals surface area contributed by atoms with Crippen LogP contribution in [0.2, 0.25) is 0 Å². The normalized spacial score (nSPS) is 17.5. The van der Waals surface area contributed by atoms with Gasteiger partial charge in [0.1, 0.15) is 5.76 Å². The maximum absolute atomic E-state index is 12.4. The van der Waals surface area contributed by atoms with Gasteiger partial charge in [0, 0.05) is 23.8 Å². The molecule has 3 aliphatic heterocycles. The first-order valence-electron chi connectivity index (χ1n) is 17.3. The molecular weight excluding hydrogens is 783 g/mol. The van der Waals surface area contributed by atoms with Crippen molar-refractivity contribution in [3.8, 4) is 11.3 Å². The molecule has 4 aromatic carbocycles. The Bertz CT molecular complexity index is 2220. The van der Waals surface area contributed by atoms with E-state index in [2.05, 4.69) is 10.2 Å². The van der Waals surface area contributed by atoms with Gasteiger partial charge in [0.15, 0.2) is 5.76 Å². The highest BCUT2D eigenvalue weighted by Gasteiger charge is 2.35. The topological polar surface area (TPSA) is 235 Å². The monoisotopic (exact) mass is 827 g/mol. The number of fused-ring (bicyclic) bond motifs is 3. The highest BCUT2D eigenvalue weighted by atomic mass is 32.2. The summed E-state index contributed by atoms with van der Waals surface area (Å²) in [5.74, 6) is 1.54. The number of carbonyl (C=O) groups is 1. The van der Waals surface area contributed by atoms with E-state index < -0.39 is 30.4 Å². The summed E-state index contributed by atoms with van der Waals surface area (Å²) in [7, 11) is -12.1. The van der Waals surface area contributed by atoms with Gasteiger partial charge in [0.25, 0.3) is 36.3 Å². The minimum Gasteiger partial charge on any atom is -0.451 e. The summed E-state index contributed by atoms with van der Waals surface area (Å²) in [5, 5.41) is 3.15. The second kappa shape index (κ2) is 18.8. The van der Waals surface area contributed by atoms with Crippen molar-refractivity contribution in [3.05, 3.63) is 132 Å². The molecular formula is C39H45N3O11S3. The first kappa shape index (κ1) is 43.8. The SMILES string of the molecule is Cc1ccc(S(=O)(=O)O)cc1.Cc1ccc(S(=O)(=O)O)cc1.Cc1ccc(S(=O)(=O)O)cc1.Nc1ccc(-c2ccc(C(=O)N[C@H]3CN4CCC3CC4)o2)cc1. The molecule has 1 atom stereocenters. The van der Waals surface area contributed by atoms with Crippen LogP contribution in [0.5, 0.6) is 0 Å². The van der Waals surface area contributed by atoms with Gasteiger partial charge in [-0.05, 0) is 125 Å². The van der Waals surface area contributed by atoms with Gasteiger partial charge in [0.05, 0.1) is 14.7 Å². The highest BCUT2D eigenvalue weighted by Crippen LogP contribution is 2.28. The number of anilines is 1. The zero-order chi connectivity index (χ0) is 41.3. The van der Waals surface area contributed by atoms with Crippen molar-refractivity contribution in [1.82, 2.24) is 10.2 Å². The zero-order valence-corrected chi connectivity index (χ0v) is 33.4. The van der Waals surface area contributed by atoms with Crippen LogP contribution in [0, 0.1) is 26.7 Å². The maximum atomic E-state index is 12.4. The molecule has 3 aliphatic rings. The van der Waals surface area contributed by atoms with Crippen molar-refractivity contribution >= 4 is 41.9 Å². The number of rotatable bonds is 6. The standard InChI is InChI=1S/C18H21N3O2.3C7H8O3S/c19-14-3-1-13(2-4-14)16-5-6-17(23-16)18(22)20-15-11-21-9-7-12(15)8-10-21;3*1-6-2-4-7(5-3-6)11(8,9)10/h1-6,12,15H,7-11,19H2,(H,20,22);3*2-5H,1H3,(H,8,9,10)/t15-;;;/m0.../s1. The van der Waals surface area contributed by atoms with Crippen molar-refractivity contribution in [3.63, 3.8) is 0 Å². The van der Waals surface area contributed by atoms with Gasteiger partial charge in [-0.15, -0.1) is 0 Å². The summed E-state index contributed by atoms with van der Waals surface area (Å²) in [6.45, 7) is 8.81. The summed E-state index contributed by atoms with van der Waals surface area (Å²) in [6.07, 6.45) is 2.36. The molecule has 4 heterocycles. The van der Waals surface area contributed by atoms with Gasteiger partial charge < -0.3 is 20.4 Å². The summed E-state index contributed by atoms with van der Waals surface area (Å²) >= 11 is 0. The number of aryl methyl sites for hydroxylation is 3. The Morgan fingerprint density at radius 3 is 1.36 bits per heavy atom. The molecule has 0 saturated carbocycles. The quantitative estimate of drug-likeness (QED) is 0.0966. The Morgan fingerprint density at radius 2 is 1.02 bits per heavy atom. The van der Waals surface area contributed by atoms with E-state index in [1.54, 1.807) is 42.5 Å². The Morgan fingerprint density at radius 1 is 0.625 bits per heavy atom. The van der Waals surface area contributed by atoms with Gasteiger partial charge in [-0.1, -0.05) is 53.1 Å². The van der Waals surface area contributed by atoms with Crippen molar-refractivity contribution < 1.29 is 48.1 Å². The number of nitrogen functional groups attached to an aromatic ring is 1. The number of nitrogens with two attached hydrogens (primary N) is 1. The highest BCUT2D eigenvalue weighted by molar-refractivity contribution is 7.86. The molecule has 5 aromatic rings. The predicted octanol–water partition coefficient (Wildman–Crippen LogP) is 6.08. The summed E-state index contributed by atoms with van der Waals surface area (Å²) < 4.78 is 94.4. The lowest BCUT2D eigenvalue weighted by Gasteiger charge is -2.44. The number of hydrogen-bond donors (Lipinski definition) is 5. The largest absolute Gasteiger partial charge is 0.451 e. The number of hydrogen-bond acceptors (Lipinski definition) is 10. The van der Waals surface area contributed by atoms with Crippen LogP contribution < -0.4 is 11.1 Å². The van der Waals surface area contributed by atoms with Crippen molar-refractivity contribution in [2.24, 2.45) is 5.92 Å². The van der Waals surface area contributed by atoms with Crippen LogP contribution in [-0.4, -0.2) is 75.4 Å². The average Bonchev–Trinajstić information content (AvgIpc) is 3.64. The fraction of sp³-hybridized carbons (Fsp3) is 0.256. The molecule has 17 heteroatoms. The molecule has 6 N–H and O–H groups in total. The van der Waals surface area contributed by atoms with E-state index in [0.717, 1.165) is 28.8 Å². The van der Waals surface area contributed by atoms with Crippen LogP contribution in [0.15, 0.2) is 128 Å². The van der Waals surface area contributed by atoms with Crippen LogP contribution >= 0.6 is 0 Å². The Balaban J connectivity index is 0.000000180. The molecule has 0 radical (unpaired) electrons. The van der Waals surface area contributed by atoms with Crippen molar-refractivity contribution in [1.29, 1.82) is 0 Å². The maximum Gasteiger partial charge on any atom is 0.294 e. The molecule has 1 aromatic heterocycles. The molecule has 0 unspecified atom stereocenters. The van der Waals surface area contributed by atoms with Gasteiger partial charge in [-0.2, -0.15) is 25.3 Å². The Labute approximate surface area is 327 Å². The molecule has 2 bridgehead atoms. The number of benzene rings is 4. The lowest BCUT2D eigenvalue weighted by Crippen LogP contribution is -2.57. The molecule has 8 rings (SSSR count). The fourth-order valence-electron chi connectivity index (χ4n) is 5.76. The molecule has 1 amide bonds. The predicted molar refractivity (Wildman–Crippen MR) is 212 cm³/mol. The number of piperidine rings is 3. The molecule has 0 aliphatic carbocycles. The summed E-state index contributed by atoms with van der Waals surface area (Å²) in [5.41, 5.74) is 10.2. The lowest BCUT2D eigenvalue weighted by molar-refractivity contribution is 0.0606.